The predicted molar refractivity (Wildman–Crippen MR) is 39.1 cm³/mol. The zero-order valence-corrected chi connectivity index (χ0v) is 6.18. The third-order valence-corrected chi connectivity index (χ3v) is 1.38. The highest BCUT2D eigenvalue weighted by Crippen LogP contribution is 1.93. The lowest BCUT2D eigenvalue weighted by Gasteiger charge is -1.96. The number of carbonyl (C=O) groups is 2. The second kappa shape index (κ2) is 3.14. The molecule has 5 nitrogen and oxygen atoms in total. The molecule has 0 aromatic carbocycles. The van der Waals surface area contributed by atoms with Crippen molar-refractivity contribution in [2.45, 2.75) is 6.42 Å². The molecular weight excluding hydrogens is 146 g/mol. The van der Waals surface area contributed by atoms with Crippen LogP contribution in [-0.2, 0) is 9.59 Å². The van der Waals surface area contributed by atoms with Crippen LogP contribution in [0.3, 0.4) is 0 Å². The minimum Gasteiger partial charge on any atom is -0.359 e. The Morgan fingerprint density at radius 2 is 2.55 bits per heavy atom. The first-order valence-electron chi connectivity index (χ1n) is 3.26. The van der Waals surface area contributed by atoms with Gasteiger partial charge in [0.05, 0.1) is 6.42 Å². The molecule has 0 aromatic rings. The maximum absolute atomic E-state index is 10.8. The van der Waals surface area contributed by atoms with E-state index in [1.165, 1.54) is 7.05 Å². The fourth-order valence-corrected chi connectivity index (χ4v) is 0.757. The molecule has 0 fully saturated rings. The summed E-state index contributed by atoms with van der Waals surface area (Å²) in [4.78, 5) is 25.3. The molecule has 1 heterocycles. The molecule has 0 atom stereocenters. The predicted octanol–water partition coefficient (Wildman–Crippen LogP) is -1.35. The minimum absolute atomic E-state index is 0.0718. The summed E-state index contributed by atoms with van der Waals surface area (Å²) in [5.74, 6) is -0.436. The van der Waals surface area contributed by atoms with E-state index < -0.39 is 0 Å². The summed E-state index contributed by atoms with van der Waals surface area (Å²) in [6.07, 6.45) is 0.0718. The first-order chi connectivity index (χ1) is 5.24. The van der Waals surface area contributed by atoms with Crippen LogP contribution in [0.15, 0.2) is 4.99 Å². The third kappa shape index (κ3) is 1.76. The van der Waals surface area contributed by atoms with E-state index >= 15 is 0 Å². The SMILES string of the molecule is CNC(=O)CC1=NCNC1=O. The Morgan fingerprint density at radius 3 is 3.00 bits per heavy atom. The number of hydrogen-bond acceptors (Lipinski definition) is 3. The van der Waals surface area contributed by atoms with E-state index in [1.807, 2.05) is 0 Å². The molecule has 0 aromatic heterocycles. The van der Waals surface area contributed by atoms with Crippen LogP contribution in [-0.4, -0.2) is 31.2 Å². The minimum atomic E-state index is -0.242. The monoisotopic (exact) mass is 155 g/mol. The van der Waals surface area contributed by atoms with Gasteiger partial charge in [-0.25, -0.2) is 0 Å². The zero-order valence-electron chi connectivity index (χ0n) is 6.18. The molecule has 1 aliphatic rings. The van der Waals surface area contributed by atoms with Gasteiger partial charge in [0.2, 0.25) is 5.91 Å². The third-order valence-electron chi connectivity index (χ3n) is 1.38. The van der Waals surface area contributed by atoms with Crippen LogP contribution < -0.4 is 10.6 Å². The summed E-state index contributed by atoms with van der Waals surface area (Å²) in [6, 6.07) is 0. The lowest BCUT2D eigenvalue weighted by molar-refractivity contribution is -0.120. The van der Waals surface area contributed by atoms with E-state index in [4.69, 9.17) is 0 Å². The maximum Gasteiger partial charge on any atom is 0.267 e. The number of aliphatic imine (C=N–C) groups is 1. The largest absolute Gasteiger partial charge is 0.359 e. The Morgan fingerprint density at radius 1 is 1.82 bits per heavy atom. The van der Waals surface area contributed by atoms with Crippen molar-refractivity contribution in [3.63, 3.8) is 0 Å². The van der Waals surface area contributed by atoms with E-state index in [1.54, 1.807) is 0 Å². The van der Waals surface area contributed by atoms with Gasteiger partial charge in [0.1, 0.15) is 12.4 Å². The van der Waals surface area contributed by atoms with Crippen LogP contribution in [0.2, 0.25) is 0 Å². The lowest BCUT2D eigenvalue weighted by Crippen LogP contribution is -2.28. The van der Waals surface area contributed by atoms with Gasteiger partial charge in [-0.2, -0.15) is 0 Å². The highest BCUT2D eigenvalue weighted by molar-refractivity contribution is 6.42. The average molecular weight is 155 g/mol. The quantitative estimate of drug-likeness (QED) is 0.517. The number of nitrogens with one attached hydrogen (secondary N) is 2. The maximum atomic E-state index is 10.8. The second-order valence-electron chi connectivity index (χ2n) is 2.12. The number of amides is 2. The van der Waals surface area contributed by atoms with Crippen molar-refractivity contribution < 1.29 is 9.59 Å². The van der Waals surface area contributed by atoms with Crippen LogP contribution in [0.4, 0.5) is 0 Å². The molecule has 2 amide bonds. The summed E-state index contributed by atoms with van der Waals surface area (Å²) >= 11 is 0. The fraction of sp³-hybridized carbons (Fsp3) is 0.500. The zero-order chi connectivity index (χ0) is 8.27. The topological polar surface area (TPSA) is 70.6 Å². The molecule has 0 unspecified atom stereocenters. The van der Waals surface area contributed by atoms with E-state index in [-0.39, 0.29) is 18.2 Å². The first kappa shape index (κ1) is 7.71. The molecule has 60 valence electrons. The Hall–Kier alpha value is -1.39. The molecule has 0 saturated carbocycles. The Bertz CT molecular complexity index is 222. The summed E-state index contributed by atoms with van der Waals surface area (Å²) in [5, 5.41) is 4.89. The van der Waals surface area contributed by atoms with Crippen molar-refractivity contribution in [1.82, 2.24) is 10.6 Å². The summed E-state index contributed by atoms with van der Waals surface area (Å²) in [7, 11) is 1.52. The fourth-order valence-electron chi connectivity index (χ4n) is 0.757. The molecule has 11 heavy (non-hydrogen) atoms. The van der Waals surface area contributed by atoms with Crippen molar-refractivity contribution in [3.05, 3.63) is 0 Å². The highest BCUT2D eigenvalue weighted by Gasteiger charge is 2.18. The molecule has 0 radical (unpaired) electrons. The van der Waals surface area contributed by atoms with Crippen LogP contribution in [0.1, 0.15) is 6.42 Å². The van der Waals surface area contributed by atoms with Crippen molar-refractivity contribution in [1.29, 1.82) is 0 Å². The van der Waals surface area contributed by atoms with Gasteiger partial charge >= 0.3 is 0 Å². The van der Waals surface area contributed by atoms with E-state index in [0.29, 0.717) is 12.4 Å². The van der Waals surface area contributed by atoms with Gasteiger partial charge in [-0.1, -0.05) is 0 Å². The Kier molecular flexibility index (Phi) is 2.20. The molecule has 2 N–H and O–H groups in total. The van der Waals surface area contributed by atoms with Crippen molar-refractivity contribution >= 4 is 17.5 Å². The van der Waals surface area contributed by atoms with Crippen molar-refractivity contribution in [2.75, 3.05) is 13.7 Å². The number of hydrogen-bond donors (Lipinski definition) is 2. The van der Waals surface area contributed by atoms with Gasteiger partial charge in [-0.15, -0.1) is 0 Å². The molecule has 0 bridgehead atoms. The van der Waals surface area contributed by atoms with E-state index in [0.717, 1.165) is 0 Å². The normalized spacial score (nSPS) is 15.7. The molecular formula is C6H9N3O2. The van der Waals surface area contributed by atoms with Crippen LogP contribution in [0, 0.1) is 0 Å². The van der Waals surface area contributed by atoms with Crippen LogP contribution >= 0.6 is 0 Å². The van der Waals surface area contributed by atoms with Gasteiger partial charge in [0, 0.05) is 7.05 Å². The Labute approximate surface area is 63.9 Å². The second-order valence-corrected chi connectivity index (χ2v) is 2.12. The molecule has 1 aliphatic heterocycles. The number of rotatable bonds is 2. The number of nitrogens with zero attached hydrogens (tertiary/aromatic N) is 1. The van der Waals surface area contributed by atoms with Gasteiger partial charge < -0.3 is 10.6 Å². The van der Waals surface area contributed by atoms with Crippen LogP contribution in [0.25, 0.3) is 0 Å². The van der Waals surface area contributed by atoms with Gasteiger partial charge in [0.15, 0.2) is 0 Å². The average Bonchev–Trinajstić information content (AvgIpc) is 2.37. The molecule has 5 heteroatoms. The molecule has 0 spiro atoms. The van der Waals surface area contributed by atoms with Gasteiger partial charge in [0.25, 0.3) is 5.91 Å². The molecule has 0 saturated heterocycles. The summed E-state index contributed by atoms with van der Waals surface area (Å²) in [5.41, 5.74) is 0.310. The lowest BCUT2D eigenvalue weighted by atomic mass is 10.2. The van der Waals surface area contributed by atoms with E-state index in [2.05, 4.69) is 15.6 Å². The van der Waals surface area contributed by atoms with Crippen molar-refractivity contribution in [3.8, 4) is 0 Å². The smallest absolute Gasteiger partial charge is 0.267 e. The first-order valence-corrected chi connectivity index (χ1v) is 3.26. The standard InChI is InChI=1S/C6H9N3O2/c1-7-5(10)2-4-6(11)9-3-8-4/h2-3H2,1H3,(H,7,10)(H,9,11). The number of carbonyl (C=O) groups excluding carboxylic acids is 2. The summed E-state index contributed by atoms with van der Waals surface area (Å²) in [6.45, 7) is 0.297. The van der Waals surface area contributed by atoms with Gasteiger partial charge in [-0.3, -0.25) is 14.6 Å². The Balaban J connectivity index is 2.49. The van der Waals surface area contributed by atoms with E-state index in [9.17, 15) is 9.59 Å². The molecule has 1 rings (SSSR count). The summed E-state index contributed by atoms with van der Waals surface area (Å²) < 4.78 is 0. The van der Waals surface area contributed by atoms with Gasteiger partial charge in [-0.05, 0) is 0 Å². The molecule has 0 aliphatic carbocycles. The van der Waals surface area contributed by atoms with Crippen molar-refractivity contribution in [2.24, 2.45) is 4.99 Å². The highest BCUT2D eigenvalue weighted by atomic mass is 16.2. The van der Waals surface area contributed by atoms with Crippen LogP contribution in [0.5, 0.6) is 0 Å².